The van der Waals surface area contributed by atoms with E-state index in [9.17, 15) is 9.59 Å². The number of nitrogens with one attached hydrogen (secondary N) is 2. The first kappa shape index (κ1) is 18.2. The molecule has 1 heterocycles. The molecule has 0 aliphatic heterocycles. The van der Waals surface area contributed by atoms with Crippen LogP contribution in [0.1, 0.15) is 18.1 Å². The smallest absolute Gasteiger partial charge is 0.257 e. The van der Waals surface area contributed by atoms with Gasteiger partial charge >= 0.3 is 0 Å². The molecule has 0 fully saturated rings. The van der Waals surface area contributed by atoms with E-state index in [0.29, 0.717) is 18.8 Å². The molecule has 0 unspecified atom stereocenters. The third-order valence-electron chi connectivity index (χ3n) is 3.22. The molecule has 6 nitrogen and oxygen atoms in total. The second-order valence-corrected chi connectivity index (χ2v) is 5.23. The highest BCUT2D eigenvalue weighted by atomic mass is 16.5. The van der Waals surface area contributed by atoms with Crippen molar-refractivity contribution in [2.24, 2.45) is 0 Å². The monoisotopic (exact) mass is 339 g/mol. The van der Waals surface area contributed by atoms with E-state index in [1.54, 1.807) is 36.7 Å². The largest absolute Gasteiger partial charge is 0.484 e. The van der Waals surface area contributed by atoms with Crippen molar-refractivity contribution >= 4 is 17.9 Å². The fourth-order valence-electron chi connectivity index (χ4n) is 2.03. The Hall–Kier alpha value is -3.15. The van der Waals surface area contributed by atoms with Gasteiger partial charge < -0.3 is 15.4 Å². The molecule has 0 bridgehead atoms. The first-order valence-electron chi connectivity index (χ1n) is 8.01. The number of aromatic nitrogens is 1. The van der Waals surface area contributed by atoms with Crippen LogP contribution in [0, 0.1) is 0 Å². The Kier molecular flexibility index (Phi) is 7.18. The minimum Gasteiger partial charge on any atom is -0.484 e. The molecule has 0 aliphatic carbocycles. The molecule has 0 spiro atoms. The molecule has 130 valence electrons. The lowest BCUT2D eigenvalue weighted by Gasteiger charge is -2.06. The SMILES string of the molecule is CCNC(=O)COc1cccc(C=CC(=O)NCc2cccnc2)c1. The molecule has 0 saturated heterocycles. The summed E-state index contributed by atoms with van der Waals surface area (Å²) in [6.07, 6.45) is 6.54. The molecule has 2 rings (SSSR count). The highest BCUT2D eigenvalue weighted by Crippen LogP contribution is 2.14. The zero-order valence-electron chi connectivity index (χ0n) is 14.1. The molecular weight excluding hydrogens is 318 g/mol. The number of hydrogen-bond donors (Lipinski definition) is 2. The van der Waals surface area contributed by atoms with E-state index in [1.165, 1.54) is 6.08 Å². The van der Waals surface area contributed by atoms with Crippen LogP contribution in [0.2, 0.25) is 0 Å². The van der Waals surface area contributed by atoms with Crippen LogP contribution in [0.5, 0.6) is 5.75 Å². The van der Waals surface area contributed by atoms with E-state index in [1.807, 2.05) is 25.1 Å². The molecule has 2 amide bonds. The van der Waals surface area contributed by atoms with Crippen LogP contribution < -0.4 is 15.4 Å². The normalized spacial score (nSPS) is 10.4. The van der Waals surface area contributed by atoms with E-state index in [-0.39, 0.29) is 18.4 Å². The maximum atomic E-state index is 11.9. The Bertz CT molecular complexity index is 730. The van der Waals surface area contributed by atoms with E-state index in [0.717, 1.165) is 11.1 Å². The van der Waals surface area contributed by atoms with Gasteiger partial charge in [-0.1, -0.05) is 18.2 Å². The number of amides is 2. The van der Waals surface area contributed by atoms with Crippen molar-refractivity contribution < 1.29 is 14.3 Å². The fourth-order valence-corrected chi connectivity index (χ4v) is 2.03. The average Bonchev–Trinajstić information content (AvgIpc) is 2.64. The van der Waals surface area contributed by atoms with Crippen LogP contribution in [0.25, 0.3) is 6.08 Å². The standard InChI is InChI=1S/C19H21N3O3/c1-2-21-19(24)14-25-17-7-3-5-15(11-17)8-9-18(23)22-13-16-6-4-10-20-12-16/h3-12H,2,13-14H2,1H3,(H,21,24)(H,22,23). The number of likely N-dealkylation sites (N-methyl/N-ethyl adjacent to an activating group) is 1. The quantitative estimate of drug-likeness (QED) is 0.720. The highest BCUT2D eigenvalue weighted by molar-refractivity contribution is 5.91. The lowest BCUT2D eigenvalue weighted by Crippen LogP contribution is -2.28. The van der Waals surface area contributed by atoms with Gasteiger partial charge in [-0.25, -0.2) is 0 Å². The third kappa shape index (κ3) is 6.87. The van der Waals surface area contributed by atoms with Gasteiger partial charge in [-0.15, -0.1) is 0 Å². The molecule has 0 radical (unpaired) electrons. The van der Waals surface area contributed by atoms with Crippen molar-refractivity contribution in [1.29, 1.82) is 0 Å². The van der Waals surface area contributed by atoms with Gasteiger partial charge in [-0.05, 0) is 42.3 Å². The summed E-state index contributed by atoms with van der Waals surface area (Å²) in [4.78, 5) is 27.3. The number of carbonyl (C=O) groups excluding carboxylic acids is 2. The lowest BCUT2D eigenvalue weighted by atomic mass is 10.2. The molecule has 0 atom stereocenters. The average molecular weight is 339 g/mol. The summed E-state index contributed by atoms with van der Waals surface area (Å²) >= 11 is 0. The summed E-state index contributed by atoms with van der Waals surface area (Å²) in [6, 6.07) is 10.9. The molecule has 0 aliphatic rings. The fraction of sp³-hybridized carbons (Fsp3) is 0.211. The Morgan fingerprint density at radius 1 is 1.20 bits per heavy atom. The highest BCUT2D eigenvalue weighted by Gasteiger charge is 2.02. The molecule has 2 aromatic rings. The predicted octanol–water partition coefficient (Wildman–Crippen LogP) is 1.93. The van der Waals surface area contributed by atoms with Gasteiger partial charge in [0.1, 0.15) is 5.75 Å². The molecule has 1 aromatic heterocycles. The second kappa shape index (κ2) is 9.87. The van der Waals surface area contributed by atoms with Gasteiger partial charge in [0, 0.05) is 31.6 Å². The molecule has 0 saturated carbocycles. The van der Waals surface area contributed by atoms with Crippen molar-refractivity contribution in [2.75, 3.05) is 13.2 Å². The van der Waals surface area contributed by atoms with E-state index < -0.39 is 0 Å². The van der Waals surface area contributed by atoms with Crippen LogP contribution >= 0.6 is 0 Å². The van der Waals surface area contributed by atoms with Crippen molar-refractivity contribution in [1.82, 2.24) is 15.6 Å². The van der Waals surface area contributed by atoms with Crippen molar-refractivity contribution in [2.45, 2.75) is 13.5 Å². The van der Waals surface area contributed by atoms with Crippen LogP contribution in [-0.4, -0.2) is 29.9 Å². The van der Waals surface area contributed by atoms with Crippen molar-refractivity contribution in [3.63, 3.8) is 0 Å². The summed E-state index contributed by atoms with van der Waals surface area (Å²) in [7, 11) is 0. The number of hydrogen-bond acceptors (Lipinski definition) is 4. The number of pyridine rings is 1. The van der Waals surface area contributed by atoms with Gasteiger partial charge in [-0.3, -0.25) is 14.6 Å². The number of nitrogens with zero attached hydrogens (tertiary/aromatic N) is 1. The first-order chi connectivity index (χ1) is 12.2. The first-order valence-corrected chi connectivity index (χ1v) is 8.01. The van der Waals surface area contributed by atoms with Crippen LogP contribution in [0.15, 0.2) is 54.9 Å². The summed E-state index contributed by atoms with van der Waals surface area (Å²) in [5.74, 6) is 0.208. The van der Waals surface area contributed by atoms with Gasteiger partial charge in [0.2, 0.25) is 5.91 Å². The van der Waals surface area contributed by atoms with Gasteiger partial charge in [0.05, 0.1) is 0 Å². The minimum absolute atomic E-state index is 0.0351. The number of ether oxygens (including phenoxy) is 1. The van der Waals surface area contributed by atoms with Gasteiger partial charge in [0.25, 0.3) is 5.91 Å². The molecule has 1 aromatic carbocycles. The van der Waals surface area contributed by atoms with Crippen molar-refractivity contribution in [3.8, 4) is 5.75 Å². The van der Waals surface area contributed by atoms with Crippen molar-refractivity contribution in [3.05, 3.63) is 66.0 Å². The summed E-state index contributed by atoms with van der Waals surface area (Å²) in [5.41, 5.74) is 1.75. The van der Waals surface area contributed by atoms with Gasteiger partial charge in [-0.2, -0.15) is 0 Å². The maximum Gasteiger partial charge on any atom is 0.257 e. The van der Waals surface area contributed by atoms with Crippen LogP contribution in [0.4, 0.5) is 0 Å². The Labute approximate surface area is 146 Å². The summed E-state index contributed by atoms with van der Waals surface area (Å²) < 4.78 is 5.42. The Morgan fingerprint density at radius 3 is 2.84 bits per heavy atom. The minimum atomic E-state index is -0.197. The van der Waals surface area contributed by atoms with Crippen LogP contribution in [-0.2, 0) is 16.1 Å². The third-order valence-corrected chi connectivity index (χ3v) is 3.22. The molecular formula is C19H21N3O3. The zero-order valence-corrected chi connectivity index (χ0v) is 14.1. The lowest BCUT2D eigenvalue weighted by molar-refractivity contribution is -0.123. The molecule has 2 N–H and O–H groups in total. The zero-order chi connectivity index (χ0) is 17.9. The molecule has 6 heteroatoms. The van der Waals surface area contributed by atoms with E-state index in [4.69, 9.17) is 4.74 Å². The van der Waals surface area contributed by atoms with Gasteiger partial charge in [0.15, 0.2) is 6.61 Å². The second-order valence-electron chi connectivity index (χ2n) is 5.23. The maximum absolute atomic E-state index is 11.9. The van der Waals surface area contributed by atoms with E-state index in [2.05, 4.69) is 15.6 Å². The molecule has 25 heavy (non-hydrogen) atoms. The topological polar surface area (TPSA) is 80.3 Å². The summed E-state index contributed by atoms with van der Waals surface area (Å²) in [5, 5.41) is 5.45. The van der Waals surface area contributed by atoms with E-state index >= 15 is 0 Å². The number of benzene rings is 1. The van der Waals surface area contributed by atoms with Crippen LogP contribution in [0.3, 0.4) is 0 Å². The summed E-state index contributed by atoms with van der Waals surface area (Å²) in [6.45, 7) is 2.81. The number of carbonyl (C=O) groups is 2. The Morgan fingerprint density at radius 2 is 2.08 bits per heavy atom. The number of rotatable bonds is 8. The Balaban J connectivity index is 1.84. The predicted molar refractivity (Wildman–Crippen MR) is 95.7 cm³/mol.